The van der Waals surface area contributed by atoms with Gasteiger partial charge >= 0.3 is 0 Å². The van der Waals surface area contributed by atoms with Gasteiger partial charge in [-0.15, -0.1) is 0 Å². The van der Waals surface area contributed by atoms with Gasteiger partial charge < -0.3 is 9.73 Å². The largest absolute Gasteiger partial charge is 0.461 e. The van der Waals surface area contributed by atoms with Gasteiger partial charge in [0, 0.05) is 35.5 Å². The molecule has 128 valence electrons. The zero-order chi connectivity index (χ0) is 17.2. The molecule has 5 heteroatoms. The van der Waals surface area contributed by atoms with E-state index in [9.17, 15) is 8.42 Å². The van der Waals surface area contributed by atoms with Crippen molar-refractivity contribution in [2.75, 3.05) is 0 Å². The Balaban J connectivity index is 1.65. The first kappa shape index (κ1) is 15.2. The highest BCUT2D eigenvalue weighted by atomic mass is 32.2. The van der Waals surface area contributed by atoms with Gasteiger partial charge in [-0.05, 0) is 49.6 Å². The number of sulfone groups is 1. The van der Waals surface area contributed by atoms with Crippen LogP contribution in [-0.2, 0) is 16.3 Å². The molecule has 0 radical (unpaired) electrons. The summed E-state index contributed by atoms with van der Waals surface area (Å²) in [5.74, 6) is 1.02. The molecule has 2 atom stereocenters. The highest BCUT2D eigenvalue weighted by molar-refractivity contribution is 7.91. The van der Waals surface area contributed by atoms with Crippen LogP contribution in [0.1, 0.15) is 35.8 Å². The third kappa shape index (κ3) is 2.26. The van der Waals surface area contributed by atoms with E-state index < -0.39 is 9.84 Å². The van der Waals surface area contributed by atoms with Crippen molar-refractivity contribution in [2.24, 2.45) is 0 Å². The van der Waals surface area contributed by atoms with Gasteiger partial charge in [0.05, 0.1) is 9.79 Å². The van der Waals surface area contributed by atoms with Crippen LogP contribution >= 0.6 is 0 Å². The number of hydrogen-bond acceptors (Lipinski definition) is 4. The number of benzene rings is 2. The molecule has 2 aromatic carbocycles. The van der Waals surface area contributed by atoms with Gasteiger partial charge in [-0.1, -0.05) is 12.1 Å². The van der Waals surface area contributed by atoms with Crippen LogP contribution in [0.3, 0.4) is 0 Å². The first-order chi connectivity index (χ1) is 12.0. The zero-order valence-corrected chi connectivity index (χ0v) is 14.8. The first-order valence-corrected chi connectivity index (χ1v) is 10.1. The Bertz CT molecular complexity index is 1100. The number of rotatable bonds is 2. The van der Waals surface area contributed by atoms with Gasteiger partial charge in [0.25, 0.3) is 0 Å². The fourth-order valence-electron chi connectivity index (χ4n) is 4.20. The standard InChI is InChI=1S/C20H19NO3S/c1-12-3-2-4-14(9-12)25(22,23)15-6-7-16-18(11-15)24-19-10-13-5-8-17(21-13)20(16)19/h2-4,6-7,9,11,13,17,21H,5,8,10H2,1H3. The second-order valence-electron chi connectivity index (χ2n) is 7.11. The third-order valence-corrected chi connectivity index (χ3v) is 7.16. The maximum atomic E-state index is 12.9. The topological polar surface area (TPSA) is 59.3 Å². The fourth-order valence-corrected chi connectivity index (χ4v) is 5.58. The molecule has 0 amide bonds. The van der Waals surface area contributed by atoms with Gasteiger partial charge in [0.2, 0.25) is 9.84 Å². The zero-order valence-electron chi connectivity index (χ0n) is 14.0. The number of hydrogen-bond donors (Lipinski definition) is 1. The van der Waals surface area contributed by atoms with Crippen molar-refractivity contribution in [1.82, 2.24) is 5.32 Å². The van der Waals surface area contributed by atoms with Gasteiger partial charge in [-0.25, -0.2) is 8.42 Å². The second-order valence-corrected chi connectivity index (χ2v) is 9.06. The van der Waals surface area contributed by atoms with Crippen LogP contribution in [0, 0.1) is 6.92 Å². The molecular weight excluding hydrogens is 334 g/mol. The summed E-state index contributed by atoms with van der Waals surface area (Å²) < 4.78 is 32.0. The lowest BCUT2D eigenvalue weighted by Gasteiger charge is -2.20. The van der Waals surface area contributed by atoms with E-state index in [2.05, 4.69) is 5.32 Å². The summed E-state index contributed by atoms with van der Waals surface area (Å²) in [5.41, 5.74) is 2.83. The average molecular weight is 353 g/mol. The summed E-state index contributed by atoms with van der Waals surface area (Å²) in [7, 11) is -3.54. The van der Waals surface area contributed by atoms with Crippen LogP contribution in [0.15, 0.2) is 56.7 Å². The Morgan fingerprint density at radius 3 is 2.76 bits per heavy atom. The molecule has 1 saturated heterocycles. The van der Waals surface area contributed by atoms with E-state index in [0.717, 1.165) is 29.6 Å². The van der Waals surface area contributed by atoms with Crippen LogP contribution in [0.5, 0.6) is 0 Å². The molecule has 4 nitrogen and oxygen atoms in total. The Kier molecular flexibility index (Phi) is 3.15. The highest BCUT2D eigenvalue weighted by Crippen LogP contribution is 2.42. The van der Waals surface area contributed by atoms with Crippen molar-refractivity contribution in [1.29, 1.82) is 0 Å². The summed E-state index contributed by atoms with van der Waals surface area (Å²) in [6, 6.07) is 13.1. The second kappa shape index (κ2) is 5.19. The minimum absolute atomic E-state index is 0.287. The minimum atomic E-state index is -3.54. The summed E-state index contributed by atoms with van der Waals surface area (Å²) in [4.78, 5) is 0.610. The number of nitrogens with one attached hydrogen (secondary N) is 1. The van der Waals surface area contributed by atoms with E-state index in [1.165, 1.54) is 12.0 Å². The molecular formula is C20H19NO3S. The van der Waals surface area contributed by atoms with E-state index in [0.29, 0.717) is 22.6 Å². The highest BCUT2D eigenvalue weighted by Gasteiger charge is 2.36. The van der Waals surface area contributed by atoms with Crippen molar-refractivity contribution < 1.29 is 12.8 Å². The molecule has 1 fully saturated rings. The van der Waals surface area contributed by atoms with E-state index in [1.54, 1.807) is 30.3 Å². The maximum absolute atomic E-state index is 12.9. The number of aryl methyl sites for hydroxylation is 1. The minimum Gasteiger partial charge on any atom is -0.461 e. The van der Waals surface area contributed by atoms with Crippen LogP contribution in [0.2, 0.25) is 0 Å². The van der Waals surface area contributed by atoms with Gasteiger partial charge in [-0.3, -0.25) is 0 Å². The van der Waals surface area contributed by atoms with E-state index in [4.69, 9.17) is 4.42 Å². The molecule has 3 heterocycles. The molecule has 2 aliphatic rings. The molecule has 2 unspecified atom stereocenters. The molecule has 5 rings (SSSR count). The van der Waals surface area contributed by atoms with Crippen LogP contribution in [0.25, 0.3) is 11.0 Å². The Morgan fingerprint density at radius 2 is 1.92 bits per heavy atom. The Labute approximate surface area is 146 Å². The monoisotopic (exact) mass is 353 g/mol. The van der Waals surface area contributed by atoms with Gasteiger partial charge in [0.15, 0.2) is 0 Å². The van der Waals surface area contributed by atoms with E-state index >= 15 is 0 Å². The molecule has 3 aromatic rings. The molecule has 25 heavy (non-hydrogen) atoms. The summed E-state index contributed by atoms with van der Waals surface area (Å²) >= 11 is 0. The maximum Gasteiger partial charge on any atom is 0.206 e. The molecule has 2 bridgehead atoms. The first-order valence-electron chi connectivity index (χ1n) is 8.65. The lowest BCUT2D eigenvalue weighted by atomic mass is 9.99. The molecule has 2 aliphatic heterocycles. The number of furan rings is 1. The summed E-state index contributed by atoms with van der Waals surface area (Å²) in [6.07, 6.45) is 3.19. The van der Waals surface area contributed by atoms with E-state index in [-0.39, 0.29) is 4.90 Å². The quantitative estimate of drug-likeness (QED) is 0.758. The van der Waals surface area contributed by atoms with Crippen LogP contribution < -0.4 is 5.32 Å². The normalized spacial score (nSPS) is 22.3. The van der Waals surface area contributed by atoms with E-state index in [1.807, 2.05) is 19.1 Å². The smallest absolute Gasteiger partial charge is 0.206 e. The molecule has 0 saturated carbocycles. The fraction of sp³-hybridized carbons (Fsp3) is 0.300. The molecule has 1 N–H and O–H groups in total. The Morgan fingerprint density at radius 1 is 1.08 bits per heavy atom. The molecule has 1 aromatic heterocycles. The van der Waals surface area contributed by atoms with Crippen molar-refractivity contribution in [3.8, 4) is 0 Å². The van der Waals surface area contributed by atoms with Crippen LogP contribution in [0.4, 0.5) is 0 Å². The lowest BCUT2D eigenvalue weighted by molar-refractivity contribution is 0.441. The number of fused-ring (bicyclic) bond motifs is 6. The van der Waals surface area contributed by atoms with Crippen LogP contribution in [-0.4, -0.2) is 14.5 Å². The van der Waals surface area contributed by atoms with Crippen molar-refractivity contribution in [3.63, 3.8) is 0 Å². The SMILES string of the molecule is Cc1cccc(S(=O)(=O)c2ccc3c4c(oc3c2)CC2CCC4N2)c1. The third-order valence-electron chi connectivity index (χ3n) is 5.41. The van der Waals surface area contributed by atoms with Crippen molar-refractivity contribution >= 4 is 20.8 Å². The average Bonchev–Trinajstić information content (AvgIpc) is 3.15. The van der Waals surface area contributed by atoms with Gasteiger partial charge in [0.1, 0.15) is 11.3 Å². The lowest BCUT2D eigenvalue weighted by Crippen LogP contribution is -2.30. The Hall–Kier alpha value is -2.11. The van der Waals surface area contributed by atoms with Gasteiger partial charge in [-0.2, -0.15) is 0 Å². The van der Waals surface area contributed by atoms with Crippen molar-refractivity contribution in [3.05, 3.63) is 59.4 Å². The summed E-state index contributed by atoms with van der Waals surface area (Å²) in [6.45, 7) is 1.89. The molecule has 0 aliphatic carbocycles. The predicted octanol–water partition coefficient (Wildman–Crippen LogP) is 3.92. The molecule has 0 spiro atoms. The van der Waals surface area contributed by atoms with Crippen molar-refractivity contribution in [2.45, 2.75) is 48.1 Å². The summed E-state index contributed by atoms with van der Waals surface area (Å²) in [5, 5.41) is 4.66. The predicted molar refractivity (Wildman–Crippen MR) is 95.4 cm³/mol.